The number of hydrogen-bond donors (Lipinski definition) is 3. The molecule has 1 aliphatic heterocycles. The van der Waals surface area contributed by atoms with Crippen LogP contribution in [0.1, 0.15) is 71.3 Å². The highest BCUT2D eigenvalue weighted by Crippen LogP contribution is 2.40. The molecule has 3 rings (SSSR count). The fraction of sp³-hybridized carbons (Fsp3) is 0.654. The number of amides is 1. The third-order valence-corrected chi connectivity index (χ3v) is 7.78. The molecule has 0 aromatic heterocycles. The minimum atomic E-state index is -4.02. The van der Waals surface area contributed by atoms with Gasteiger partial charge in [-0.05, 0) is 64.5 Å². The van der Waals surface area contributed by atoms with Crippen LogP contribution in [0.15, 0.2) is 29.2 Å². The van der Waals surface area contributed by atoms with Crippen LogP contribution < -0.4 is 5.32 Å². The molecule has 2 aliphatic rings. The maximum atomic E-state index is 13.1. The largest absolute Gasteiger partial charge is 0.480 e. The van der Waals surface area contributed by atoms with Crippen LogP contribution in [0.5, 0.6) is 0 Å². The number of nitrogens with zero attached hydrogens (tertiary/aromatic N) is 1. The first-order valence-corrected chi connectivity index (χ1v) is 14.4. The van der Waals surface area contributed by atoms with E-state index in [-0.39, 0.29) is 28.7 Å². The predicted molar refractivity (Wildman–Crippen MR) is 138 cm³/mol. The Kier molecular flexibility index (Phi) is 11.5. The lowest BCUT2D eigenvalue weighted by atomic mass is 9.84. The molecule has 1 saturated carbocycles. The summed E-state index contributed by atoms with van der Waals surface area (Å²) in [5, 5.41) is 12.7. The van der Waals surface area contributed by atoms with E-state index in [4.69, 9.17) is 9.29 Å². The first-order valence-electron chi connectivity index (χ1n) is 12.9. The number of carbonyl (C=O) groups excluding carboxylic acids is 2. The van der Waals surface area contributed by atoms with Gasteiger partial charge in [-0.15, -0.1) is 0 Å². The summed E-state index contributed by atoms with van der Waals surface area (Å²) in [5.74, 6) is -1.24. The molecule has 1 saturated heterocycles. The van der Waals surface area contributed by atoms with Gasteiger partial charge in [0.1, 0.15) is 12.1 Å². The highest BCUT2D eigenvalue weighted by molar-refractivity contribution is 7.85. The summed E-state index contributed by atoms with van der Waals surface area (Å²) in [6, 6.07) is 4.06. The highest BCUT2D eigenvalue weighted by atomic mass is 32.2. The molecule has 2 unspecified atom stereocenters. The van der Waals surface area contributed by atoms with Crippen LogP contribution in [-0.4, -0.2) is 71.6 Å². The third-order valence-electron chi connectivity index (χ3n) is 6.92. The van der Waals surface area contributed by atoms with E-state index in [1.165, 1.54) is 12.1 Å². The molecule has 1 heterocycles. The van der Waals surface area contributed by atoms with Crippen LogP contribution in [0.25, 0.3) is 0 Å². The average molecular weight is 541 g/mol. The van der Waals surface area contributed by atoms with Crippen molar-refractivity contribution >= 4 is 28.0 Å². The monoisotopic (exact) mass is 540 g/mol. The van der Waals surface area contributed by atoms with E-state index in [0.717, 1.165) is 37.7 Å². The molecule has 10 nitrogen and oxygen atoms in total. The van der Waals surface area contributed by atoms with Crippen LogP contribution in [0.4, 0.5) is 0 Å². The molecule has 1 amide bonds. The maximum Gasteiger partial charge on any atom is 0.326 e. The Labute approximate surface area is 219 Å². The summed E-state index contributed by atoms with van der Waals surface area (Å²) >= 11 is 0. The zero-order valence-corrected chi connectivity index (χ0v) is 22.9. The fourth-order valence-corrected chi connectivity index (χ4v) is 5.59. The van der Waals surface area contributed by atoms with Gasteiger partial charge in [0.15, 0.2) is 0 Å². The first-order chi connectivity index (χ1) is 17.4. The van der Waals surface area contributed by atoms with E-state index in [1.54, 1.807) is 30.9 Å². The van der Waals surface area contributed by atoms with Crippen molar-refractivity contribution in [3.8, 4) is 0 Å². The number of hydrogen-bond acceptors (Lipinski definition) is 7. The van der Waals surface area contributed by atoms with Crippen molar-refractivity contribution in [2.75, 3.05) is 6.61 Å². The summed E-state index contributed by atoms with van der Waals surface area (Å²) in [6.45, 7) is 7.56. The van der Waals surface area contributed by atoms with E-state index >= 15 is 0 Å². The van der Waals surface area contributed by atoms with Crippen molar-refractivity contribution in [3.63, 3.8) is 0 Å². The number of carboxylic acids is 1. The number of carbonyl (C=O) groups is 3. The van der Waals surface area contributed by atoms with Crippen molar-refractivity contribution < 1.29 is 37.2 Å². The van der Waals surface area contributed by atoms with Crippen LogP contribution in [0.3, 0.4) is 0 Å². The van der Waals surface area contributed by atoms with Crippen LogP contribution in [0, 0.1) is 12.8 Å². The molecule has 208 valence electrons. The molecule has 3 N–H and O–H groups in total. The van der Waals surface area contributed by atoms with Gasteiger partial charge in [0.2, 0.25) is 5.91 Å². The van der Waals surface area contributed by atoms with Gasteiger partial charge in [-0.1, -0.05) is 43.9 Å². The lowest BCUT2D eigenvalue weighted by molar-refractivity contribution is -0.152. The zero-order chi connectivity index (χ0) is 27.8. The normalized spacial score (nSPS) is 22.7. The number of rotatable bonds is 9. The number of fused-ring (bicyclic) bond motifs is 1. The van der Waals surface area contributed by atoms with Crippen LogP contribution >= 0.6 is 0 Å². The molecular weight excluding hydrogens is 500 g/mol. The SMILES string of the molecule is CCC[C@H](N[C@@H](C)C(=O)N1C2CCCCC2C[C@H]1C(=O)O)C(=O)OCC.Cc1ccc(S(=O)(=O)O)cc1. The Bertz CT molecular complexity index is 1030. The van der Waals surface area contributed by atoms with Crippen LogP contribution in [-0.2, 0) is 29.2 Å². The average Bonchev–Trinajstić information content (AvgIpc) is 3.23. The van der Waals surface area contributed by atoms with Gasteiger partial charge in [-0.25, -0.2) is 4.79 Å². The molecule has 1 aromatic rings. The zero-order valence-electron chi connectivity index (χ0n) is 22.1. The van der Waals surface area contributed by atoms with Gasteiger partial charge in [0.25, 0.3) is 10.1 Å². The number of benzene rings is 1. The van der Waals surface area contributed by atoms with Gasteiger partial charge >= 0.3 is 11.9 Å². The first kappa shape index (κ1) is 30.7. The maximum absolute atomic E-state index is 13.1. The molecule has 11 heteroatoms. The molecule has 1 aliphatic carbocycles. The van der Waals surface area contributed by atoms with E-state index in [9.17, 15) is 27.9 Å². The quantitative estimate of drug-likeness (QED) is 0.317. The Morgan fingerprint density at radius 3 is 2.30 bits per heavy atom. The number of aryl methyl sites for hydroxylation is 1. The summed E-state index contributed by atoms with van der Waals surface area (Å²) < 4.78 is 34.6. The number of nitrogens with one attached hydrogen (secondary N) is 1. The van der Waals surface area contributed by atoms with Crippen molar-refractivity contribution in [2.45, 2.75) is 102 Å². The van der Waals surface area contributed by atoms with Gasteiger partial charge in [-0.2, -0.15) is 8.42 Å². The number of ether oxygens (including phenoxy) is 1. The molecule has 37 heavy (non-hydrogen) atoms. The molecular formula is C26H40N2O8S. The standard InChI is InChI=1S/C19H32N2O5.C7H8O3S/c1-4-8-14(19(25)26-5-2)20-12(3)17(22)21-15-10-7-6-9-13(15)11-16(21)18(23)24;1-6-2-4-7(5-3-6)11(8,9)10/h12-16,20H,4-11H2,1-3H3,(H,23,24);2-5H,1H3,(H,8,9,10)/t12-,13?,14-,15?,16-;/m0./s1. The van der Waals surface area contributed by atoms with E-state index < -0.39 is 34.2 Å². The second-order valence-electron chi connectivity index (χ2n) is 9.72. The Hall–Kier alpha value is -2.50. The summed E-state index contributed by atoms with van der Waals surface area (Å²) in [5.41, 5.74) is 0.956. The van der Waals surface area contributed by atoms with Crippen molar-refractivity contribution in [1.82, 2.24) is 10.2 Å². The molecule has 2 fully saturated rings. The third kappa shape index (κ3) is 8.51. The van der Waals surface area contributed by atoms with Gasteiger partial charge in [0, 0.05) is 6.04 Å². The Balaban J connectivity index is 0.000000364. The smallest absolute Gasteiger partial charge is 0.326 e. The molecule has 0 bridgehead atoms. The topological polar surface area (TPSA) is 150 Å². The molecule has 0 spiro atoms. The van der Waals surface area contributed by atoms with Gasteiger partial charge < -0.3 is 14.7 Å². The Morgan fingerprint density at radius 2 is 1.76 bits per heavy atom. The summed E-state index contributed by atoms with van der Waals surface area (Å²) in [6.07, 6.45) is 5.87. The van der Waals surface area contributed by atoms with E-state index in [2.05, 4.69) is 5.32 Å². The van der Waals surface area contributed by atoms with Crippen LogP contribution in [0.2, 0.25) is 0 Å². The summed E-state index contributed by atoms with van der Waals surface area (Å²) in [4.78, 5) is 38.4. The summed E-state index contributed by atoms with van der Waals surface area (Å²) in [7, 11) is -4.02. The van der Waals surface area contributed by atoms with Crippen molar-refractivity contribution in [1.29, 1.82) is 0 Å². The molecule has 1 aromatic carbocycles. The van der Waals surface area contributed by atoms with Crippen molar-refractivity contribution in [3.05, 3.63) is 29.8 Å². The number of aliphatic carboxylic acids is 1. The number of likely N-dealkylation sites (tertiary alicyclic amines) is 1. The second kappa shape index (κ2) is 13.9. The Morgan fingerprint density at radius 1 is 1.14 bits per heavy atom. The van der Waals surface area contributed by atoms with E-state index in [0.29, 0.717) is 19.4 Å². The fourth-order valence-electron chi connectivity index (χ4n) is 5.11. The van der Waals surface area contributed by atoms with Gasteiger partial charge in [0.05, 0.1) is 17.5 Å². The lowest BCUT2D eigenvalue weighted by Gasteiger charge is -2.35. The minimum Gasteiger partial charge on any atom is -0.480 e. The van der Waals surface area contributed by atoms with Gasteiger partial charge in [-0.3, -0.25) is 19.5 Å². The number of esters is 1. The van der Waals surface area contributed by atoms with E-state index in [1.807, 2.05) is 13.8 Å². The number of carboxylic acid groups (broad SMARTS) is 1. The molecule has 5 atom stereocenters. The van der Waals surface area contributed by atoms with Crippen molar-refractivity contribution in [2.24, 2.45) is 5.92 Å². The lowest BCUT2D eigenvalue weighted by Crippen LogP contribution is -2.55. The molecule has 0 radical (unpaired) electrons. The minimum absolute atomic E-state index is 0.00817. The predicted octanol–water partition coefficient (Wildman–Crippen LogP) is 3.18. The second-order valence-corrected chi connectivity index (χ2v) is 11.1. The highest BCUT2D eigenvalue weighted by Gasteiger charge is 2.48.